The van der Waals surface area contributed by atoms with Crippen LogP contribution in [0.15, 0.2) is 42.6 Å². The highest BCUT2D eigenvalue weighted by molar-refractivity contribution is 5.76. The molecule has 1 aliphatic rings. The maximum Gasteiger partial charge on any atom is 0.220 e. The van der Waals surface area contributed by atoms with Crippen molar-refractivity contribution in [3.05, 3.63) is 54.0 Å². The van der Waals surface area contributed by atoms with Crippen molar-refractivity contribution in [1.82, 2.24) is 15.2 Å². The Kier molecular flexibility index (Phi) is 7.19. The third-order valence-corrected chi connectivity index (χ3v) is 4.79. The predicted octanol–water partition coefficient (Wildman–Crippen LogP) is 2.45. The minimum atomic E-state index is -0.389. The van der Waals surface area contributed by atoms with Crippen LogP contribution >= 0.6 is 0 Å². The lowest BCUT2D eigenvalue weighted by Gasteiger charge is -2.34. The van der Waals surface area contributed by atoms with Gasteiger partial charge in [-0.2, -0.15) is 0 Å². The van der Waals surface area contributed by atoms with E-state index in [0.717, 1.165) is 37.6 Å². The molecule has 1 amide bonds. The molecule has 0 radical (unpaired) electrons. The topological polar surface area (TPSA) is 57.7 Å². The quantitative estimate of drug-likeness (QED) is 0.707. The summed E-state index contributed by atoms with van der Waals surface area (Å²) in [5, 5.41) is 2.95. The van der Waals surface area contributed by atoms with E-state index < -0.39 is 0 Å². The molecule has 1 saturated heterocycles. The third-order valence-electron chi connectivity index (χ3n) is 4.79. The minimum Gasteiger partial charge on any atom is -0.491 e. The zero-order valence-electron chi connectivity index (χ0n) is 16.2. The lowest BCUT2D eigenvalue weighted by Crippen LogP contribution is -2.45. The number of halogens is 1. The fraction of sp³-hybridized carbons (Fsp3) is 0.429. The van der Waals surface area contributed by atoms with Crippen LogP contribution in [0.25, 0.3) is 0 Å². The van der Waals surface area contributed by atoms with Gasteiger partial charge in [0.05, 0.1) is 6.61 Å². The van der Waals surface area contributed by atoms with Crippen LogP contribution in [-0.4, -0.2) is 55.6 Å². The van der Waals surface area contributed by atoms with Gasteiger partial charge in [-0.15, -0.1) is 0 Å². The first kappa shape index (κ1) is 20.1. The predicted molar refractivity (Wildman–Crippen MR) is 107 cm³/mol. The van der Waals surface area contributed by atoms with E-state index in [9.17, 15) is 9.18 Å². The van der Waals surface area contributed by atoms with Gasteiger partial charge in [0.1, 0.15) is 5.82 Å². The summed E-state index contributed by atoms with van der Waals surface area (Å²) in [6.07, 6.45) is 2.65. The van der Waals surface area contributed by atoms with Crippen molar-refractivity contribution in [2.45, 2.75) is 19.4 Å². The van der Waals surface area contributed by atoms with E-state index >= 15 is 0 Å². The Balaban J connectivity index is 1.43. The number of nitrogens with zero attached hydrogens (tertiary/aromatic N) is 3. The number of rotatable bonds is 8. The monoisotopic (exact) mass is 386 g/mol. The Labute approximate surface area is 165 Å². The summed E-state index contributed by atoms with van der Waals surface area (Å²) in [7, 11) is 2.12. The molecule has 28 heavy (non-hydrogen) atoms. The number of nitrogens with one attached hydrogen (secondary N) is 1. The summed E-state index contributed by atoms with van der Waals surface area (Å²) in [4.78, 5) is 21.2. The first-order valence-corrected chi connectivity index (χ1v) is 9.65. The normalized spacial score (nSPS) is 14.7. The number of carbonyl (C=O) groups is 1. The summed E-state index contributed by atoms with van der Waals surface area (Å²) in [5.74, 6) is 0.721. The standard InChI is InChI=1S/C21H27FN4O2/c1-25-11-13-26(14-12-25)21-17(6-4-10-23-21)16-24-20(27)9-5-15-28-19-8-3-2-7-18(19)22/h2-4,6-8,10H,5,9,11-16H2,1H3,(H,24,27). The van der Waals surface area contributed by atoms with Gasteiger partial charge in [0, 0.05) is 50.9 Å². The van der Waals surface area contributed by atoms with Crippen molar-refractivity contribution in [3.8, 4) is 5.75 Å². The highest BCUT2D eigenvalue weighted by atomic mass is 19.1. The summed E-state index contributed by atoms with van der Waals surface area (Å²) in [6.45, 7) is 4.62. The van der Waals surface area contributed by atoms with Crippen molar-refractivity contribution in [3.63, 3.8) is 0 Å². The van der Waals surface area contributed by atoms with Crippen molar-refractivity contribution in [1.29, 1.82) is 0 Å². The highest BCUT2D eigenvalue weighted by Gasteiger charge is 2.18. The smallest absolute Gasteiger partial charge is 0.220 e. The van der Waals surface area contributed by atoms with Crippen LogP contribution in [0.1, 0.15) is 18.4 Å². The molecule has 0 spiro atoms. The first-order chi connectivity index (χ1) is 13.6. The van der Waals surface area contributed by atoms with Crippen LogP contribution in [0, 0.1) is 5.82 Å². The largest absolute Gasteiger partial charge is 0.491 e. The van der Waals surface area contributed by atoms with E-state index in [1.54, 1.807) is 24.4 Å². The van der Waals surface area contributed by atoms with Crippen LogP contribution in [0.5, 0.6) is 5.75 Å². The fourth-order valence-electron chi connectivity index (χ4n) is 3.13. The molecular formula is C21H27FN4O2. The zero-order chi connectivity index (χ0) is 19.8. The third kappa shape index (κ3) is 5.66. The van der Waals surface area contributed by atoms with Crippen LogP contribution in [0.2, 0.25) is 0 Å². The number of anilines is 1. The lowest BCUT2D eigenvalue weighted by molar-refractivity contribution is -0.121. The van der Waals surface area contributed by atoms with Crippen molar-refractivity contribution in [2.24, 2.45) is 0 Å². The fourth-order valence-corrected chi connectivity index (χ4v) is 3.13. The van der Waals surface area contributed by atoms with Crippen LogP contribution in [-0.2, 0) is 11.3 Å². The first-order valence-electron chi connectivity index (χ1n) is 9.65. The van der Waals surface area contributed by atoms with Crippen molar-refractivity contribution >= 4 is 11.7 Å². The van der Waals surface area contributed by atoms with Gasteiger partial charge < -0.3 is 19.9 Å². The molecule has 150 valence electrons. The van der Waals surface area contributed by atoms with Gasteiger partial charge in [0.15, 0.2) is 11.6 Å². The molecule has 0 bridgehead atoms. The summed E-state index contributed by atoms with van der Waals surface area (Å²) < 4.78 is 18.9. The lowest BCUT2D eigenvalue weighted by atomic mass is 10.2. The number of piperazine rings is 1. The number of ether oxygens (including phenoxy) is 1. The van der Waals surface area contributed by atoms with Gasteiger partial charge >= 0.3 is 0 Å². The number of likely N-dealkylation sites (N-methyl/N-ethyl adjacent to an activating group) is 1. The molecule has 0 unspecified atom stereocenters. The Morgan fingerprint density at radius 3 is 2.75 bits per heavy atom. The maximum absolute atomic E-state index is 13.5. The molecule has 0 saturated carbocycles. The van der Waals surface area contributed by atoms with Crippen LogP contribution < -0.4 is 15.0 Å². The van der Waals surface area contributed by atoms with Gasteiger partial charge in [0.2, 0.25) is 5.91 Å². The van der Waals surface area contributed by atoms with E-state index in [0.29, 0.717) is 26.0 Å². The Morgan fingerprint density at radius 2 is 1.96 bits per heavy atom. The molecule has 0 atom stereocenters. The average molecular weight is 386 g/mol. The number of aromatic nitrogens is 1. The second kappa shape index (κ2) is 10.0. The van der Waals surface area contributed by atoms with Crippen molar-refractivity contribution < 1.29 is 13.9 Å². The van der Waals surface area contributed by atoms with Crippen molar-refractivity contribution in [2.75, 3.05) is 44.7 Å². The molecule has 1 aliphatic heterocycles. The second-order valence-corrected chi connectivity index (χ2v) is 6.94. The SMILES string of the molecule is CN1CCN(c2ncccc2CNC(=O)CCCOc2ccccc2F)CC1. The van der Waals surface area contributed by atoms with Gasteiger partial charge in [-0.05, 0) is 31.7 Å². The molecular weight excluding hydrogens is 359 g/mol. The molecule has 1 aromatic carbocycles. The van der Waals surface area contributed by atoms with Gasteiger partial charge in [-0.1, -0.05) is 18.2 Å². The van der Waals surface area contributed by atoms with Gasteiger partial charge in [0.25, 0.3) is 0 Å². The second-order valence-electron chi connectivity index (χ2n) is 6.94. The van der Waals surface area contributed by atoms with Gasteiger partial charge in [-0.25, -0.2) is 9.37 Å². The Bertz CT molecular complexity index is 779. The highest BCUT2D eigenvalue weighted by Crippen LogP contribution is 2.19. The average Bonchev–Trinajstić information content (AvgIpc) is 2.72. The summed E-state index contributed by atoms with van der Waals surface area (Å²) in [6, 6.07) is 10.2. The molecule has 2 heterocycles. The Morgan fingerprint density at radius 1 is 1.18 bits per heavy atom. The molecule has 1 fully saturated rings. The van der Waals surface area contributed by atoms with Crippen LogP contribution in [0.4, 0.5) is 10.2 Å². The maximum atomic E-state index is 13.5. The number of carbonyl (C=O) groups excluding carboxylic acids is 1. The summed E-state index contributed by atoms with van der Waals surface area (Å²) >= 11 is 0. The van der Waals surface area contributed by atoms with E-state index in [-0.39, 0.29) is 17.5 Å². The van der Waals surface area contributed by atoms with Gasteiger partial charge in [-0.3, -0.25) is 4.79 Å². The van der Waals surface area contributed by atoms with Crippen LogP contribution in [0.3, 0.4) is 0 Å². The number of hydrogen-bond donors (Lipinski definition) is 1. The molecule has 7 heteroatoms. The molecule has 0 aliphatic carbocycles. The zero-order valence-corrected chi connectivity index (χ0v) is 16.2. The van der Waals surface area contributed by atoms with E-state index in [4.69, 9.17) is 4.74 Å². The van der Waals surface area contributed by atoms with E-state index in [1.165, 1.54) is 6.07 Å². The summed E-state index contributed by atoms with van der Waals surface area (Å²) in [5.41, 5.74) is 1.02. The molecule has 6 nitrogen and oxygen atoms in total. The Hall–Kier alpha value is -2.67. The van der Waals surface area contributed by atoms with E-state index in [2.05, 4.69) is 27.1 Å². The van der Waals surface area contributed by atoms with E-state index in [1.807, 2.05) is 12.1 Å². The molecule has 2 aromatic rings. The molecule has 1 N–H and O–H groups in total. The number of pyridine rings is 1. The minimum absolute atomic E-state index is 0.0506. The number of para-hydroxylation sites is 1. The number of benzene rings is 1. The number of amides is 1. The molecule has 1 aromatic heterocycles. The number of hydrogen-bond acceptors (Lipinski definition) is 5. The molecule has 3 rings (SSSR count).